The maximum absolute atomic E-state index is 11.5. The first-order chi connectivity index (χ1) is 7.09. The summed E-state index contributed by atoms with van der Waals surface area (Å²) < 4.78 is 29.8. The fourth-order valence-electron chi connectivity index (χ4n) is 1.06. The molecule has 82 valence electrons. The number of carbonyl (C=O) groups is 1. The minimum Gasteiger partial charge on any atom is -0.378 e. The van der Waals surface area contributed by atoms with Crippen molar-refractivity contribution in [3.63, 3.8) is 0 Å². The Bertz CT molecular complexity index is 447. The largest absolute Gasteiger partial charge is 0.378 e. The van der Waals surface area contributed by atoms with E-state index in [9.17, 15) is 13.2 Å². The summed E-state index contributed by atoms with van der Waals surface area (Å²) in [5.74, 6) is -0.572. The molecule has 0 aliphatic carbocycles. The van der Waals surface area contributed by atoms with Crippen LogP contribution in [0.15, 0.2) is 17.5 Å². The summed E-state index contributed by atoms with van der Waals surface area (Å²) >= 11 is 1.20. The molecule has 7 heteroatoms. The quantitative estimate of drug-likeness (QED) is 0.828. The van der Waals surface area contributed by atoms with Crippen LogP contribution in [-0.2, 0) is 14.8 Å². The van der Waals surface area contributed by atoms with E-state index in [4.69, 9.17) is 4.74 Å². The number of amides is 1. The maximum Gasteiger partial charge on any atom is 0.274 e. The van der Waals surface area contributed by atoms with Crippen LogP contribution in [0.3, 0.4) is 0 Å². The van der Waals surface area contributed by atoms with Gasteiger partial charge >= 0.3 is 0 Å². The zero-order valence-corrected chi connectivity index (χ0v) is 9.31. The normalized spacial score (nSPS) is 17.1. The number of hydrogen-bond donors (Lipinski definition) is 1. The van der Waals surface area contributed by atoms with Gasteiger partial charge in [0, 0.05) is 0 Å². The van der Waals surface area contributed by atoms with Crippen LogP contribution in [0.4, 0.5) is 0 Å². The molecule has 1 saturated heterocycles. The number of carbonyl (C=O) groups excluding carboxylic acids is 1. The Morgan fingerprint density at radius 1 is 1.53 bits per heavy atom. The van der Waals surface area contributed by atoms with Crippen molar-refractivity contribution in [1.82, 2.24) is 4.72 Å². The summed E-state index contributed by atoms with van der Waals surface area (Å²) in [6.07, 6.45) is 0. The first kappa shape index (κ1) is 10.6. The topological polar surface area (TPSA) is 72.5 Å². The third-order valence-corrected chi connectivity index (χ3v) is 4.51. The van der Waals surface area contributed by atoms with E-state index >= 15 is 0 Å². The van der Waals surface area contributed by atoms with Gasteiger partial charge in [0.2, 0.25) is 10.0 Å². The molecule has 0 atom stereocenters. The van der Waals surface area contributed by atoms with Gasteiger partial charge in [0.05, 0.1) is 18.1 Å². The molecule has 1 N–H and O–H groups in total. The van der Waals surface area contributed by atoms with E-state index < -0.39 is 21.2 Å². The van der Waals surface area contributed by atoms with Gasteiger partial charge in [0.25, 0.3) is 5.91 Å². The molecule has 1 aliphatic heterocycles. The van der Waals surface area contributed by atoms with Crippen LogP contribution in [0.25, 0.3) is 0 Å². The molecular weight excluding hydrogens is 238 g/mol. The molecular formula is C8H9NO4S2. The van der Waals surface area contributed by atoms with Crippen LogP contribution >= 0.6 is 11.3 Å². The van der Waals surface area contributed by atoms with Gasteiger partial charge in [-0.15, -0.1) is 11.3 Å². The molecule has 1 aliphatic rings. The highest BCUT2D eigenvalue weighted by Gasteiger charge is 2.34. The van der Waals surface area contributed by atoms with Crippen molar-refractivity contribution in [3.8, 4) is 0 Å². The van der Waals surface area contributed by atoms with Crippen molar-refractivity contribution in [3.05, 3.63) is 22.4 Å². The van der Waals surface area contributed by atoms with E-state index in [1.807, 2.05) is 4.72 Å². The molecule has 2 heterocycles. The van der Waals surface area contributed by atoms with Crippen molar-refractivity contribution in [2.75, 3.05) is 13.2 Å². The van der Waals surface area contributed by atoms with Crippen molar-refractivity contribution in [2.45, 2.75) is 5.25 Å². The lowest BCUT2D eigenvalue weighted by Crippen LogP contribution is -2.48. The molecule has 5 nitrogen and oxygen atoms in total. The fourth-order valence-corrected chi connectivity index (χ4v) is 2.83. The average Bonchev–Trinajstić information content (AvgIpc) is 2.48. The van der Waals surface area contributed by atoms with Gasteiger partial charge in [-0.25, -0.2) is 13.1 Å². The Labute approximate surface area is 91.1 Å². The van der Waals surface area contributed by atoms with Gasteiger partial charge in [0.15, 0.2) is 0 Å². The molecule has 1 aromatic rings. The highest BCUT2D eigenvalue weighted by molar-refractivity contribution is 7.90. The van der Waals surface area contributed by atoms with Crippen molar-refractivity contribution >= 4 is 27.3 Å². The zero-order valence-electron chi connectivity index (χ0n) is 7.67. The standard InChI is InChI=1S/C8H9NO4S2/c10-8(7-2-1-3-14-7)9-15(11,12)6-4-13-5-6/h1-3,6H,4-5H2,(H,9,10). The average molecular weight is 247 g/mol. The van der Waals surface area contributed by atoms with Crippen LogP contribution in [0.1, 0.15) is 9.67 Å². The Kier molecular flexibility index (Phi) is 2.76. The van der Waals surface area contributed by atoms with E-state index in [-0.39, 0.29) is 13.2 Å². The van der Waals surface area contributed by atoms with Crippen LogP contribution in [0.5, 0.6) is 0 Å². The number of sulfonamides is 1. The third-order valence-electron chi connectivity index (χ3n) is 2.03. The number of ether oxygens (including phenoxy) is 1. The number of hydrogen-bond acceptors (Lipinski definition) is 5. The monoisotopic (exact) mass is 247 g/mol. The van der Waals surface area contributed by atoms with Crippen LogP contribution in [-0.4, -0.2) is 32.8 Å². The summed E-state index contributed by atoms with van der Waals surface area (Å²) in [6.45, 7) is 0.320. The molecule has 1 aromatic heterocycles. The first-order valence-corrected chi connectivity index (χ1v) is 6.69. The Hall–Kier alpha value is -0.920. The minimum absolute atomic E-state index is 0.160. The third kappa shape index (κ3) is 2.19. The molecule has 0 radical (unpaired) electrons. The lowest BCUT2D eigenvalue weighted by molar-refractivity contribution is 0.0411. The van der Waals surface area contributed by atoms with Gasteiger partial charge in [-0.1, -0.05) is 6.07 Å². The summed E-state index contributed by atoms with van der Waals surface area (Å²) in [4.78, 5) is 11.8. The van der Waals surface area contributed by atoms with E-state index in [0.29, 0.717) is 4.88 Å². The molecule has 0 aromatic carbocycles. The molecule has 0 spiro atoms. The molecule has 0 bridgehead atoms. The summed E-state index contributed by atoms with van der Waals surface area (Å²) in [5.41, 5.74) is 0. The van der Waals surface area contributed by atoms with E-state index in [0.717, 1.165) is 0 Å². The summed E-state index contributed by atoms with van der Waals surface area (Å²) in [5, 5.41) is 1.12. The predicted molar refractivity (Wildman–Crippen MR) is 55.3 cm³/mol. The van der Waals surface area contributed by atoms with Gasteiger partial charge in [0.1, 0.15) is 5.25 Å². The Balaban J connectivity index is 2.05. The molecule has 15 heavy (non-hydrogen) atoms. The molecule has 2 rings (SSSR count). The van der Waals surface area contributed by atoms with Crippen LogP contribution in [0, 0.1) is 0 Å². The lowest BCUT2D eigenvalue weighted by atomic mass is 10.4. The van der Waals surface area contributed by atoms with Crippen molar-refractivity contribution < 1.29 is 17.9 Å². The van der Waals surface area contributed by atoms with Crippen LogP contribution < -0.4 is 4.72 Å². The second-order valence-electron chi connectivity index (χ2n) is 3.11. The molecule has 0 unspecified atom stereocenters. The second-order valence-corrected chi connectivity index (χ2v) is 6.02. The van der Waals surface area contributed by atoms with Crippen molar-refractivity contribution in [1.29, 1.82) is 0 Å². The van der Waals surface area contributed by atoms with Gasteiger partial charge in [-0.2, -0.15) is 0 Å². The Morgan fingerprint density at radius 3 is 2.73 bits per heavy atom. The molecule has 1 fully saturated rings. The zero-order chi connectivity index (χ0) is 10.9. The predicted octanol–water partition coefficient (Wildman–Crippen LogP) is 0.207. The van der Waals surface area contributed by atoms with E-state index in [1.165, 1.54) is 11.3 Å². The van der Waals surface area contributed by atoms with E-state index in [1.54, 1.807) is 17.5 Å². The number of rotatable bonds is 3. The second kappa shape index (κ2) is 3.92. The maximum atomic E-state index is 11.5. The number of nitrogens with one attached hydrogen (secondary N) is 1. The molecule has 1 amide bonds. The summed E-state index contributed by atoms with van der Waals surface area (Å²) in [7, 11) is -3.57. The smallest absolute Gasteiger partial charge is 0.274 e. The highest BCUT2D eigenvalue weighted by atomic mass is 32.2. The van der Waals surface area contributed by atoms with Gasteiger partial charge in [-0.3, -0.25) is 4.79 Å². The van der Waals surface area contributed by atoms with Gasteiger partial charge < -0.3 is 4.74 Å². The van der Waals surface area contributed by atoms with Crippen molar-refractivity contribution in [2.24, 2.45) is 0 Å². The minimum atomic E-state index is -3.57. The van der Waals surface area contributed by atoms with E-state index in [2.05, 4.69) is 0 Å². The fraction of sp³-hybridized carbons (Fsp3) is 0.375. The highest BCUT2D eigenvalue weighted by Crippen LogP contribution is 2.13. The molecule has 0 saturated carbocycles. The SMILES string of the molecule is O=C(NS(=O)(=O)C1COC1)c1cccs1. The first-order valence-electron chi connectivity index (χ1n) is 4.27. The van der Waals surface area contributed by atoms with Crippen LogP contribution in [0.2, 0.25) is 0 Å². The lowest BCUT2D eigenvalue weighted by Gasteiger charge is -2.25. The Morgan fingerprint density at radius 2 is 2.27 bits per heavy atom. The van der Waals surface area contributed by atoms with Gasteiger partial charge in [-0.05, 0) is 11.4 Å². The number of thiophene rings is 1. The summed E-state index contributed by atoms with van der Waals surface area (Å²) in [6, 6.07) is 3.27.